The molecule has 0 heterocycles. The molecule has 0 bridgehead atoms. The van der Waals surface area contributed by atoms with Crippen LogP contribution in [0.1, 0.15) is 24.1 Å². The van der Waals surface area contributed by atoms with Crippen molar-refractivity contribution >= 4 is 17.4 Å². The van der Waals surface area contributed by atoms with Crippen molar-refractivity contribution in [2.45, 2.75) is 24.8 Å². The average molecular weight is 275 g/mol. The molecule has 1 unspecified atom stereocenters. The molecule has 100 valence electrons. The van der Waals surface area contributed by atoms with Gasteiger partial charge in [0.15, 0.2) is 0 Å². The molecule has 2 aromatic rings. The van der Waals surface area contributed by atoms with Gasteiger partial charge in [0.25, 0.3) is 0 Å². The molecule has 1 nitrogen and oxygen atoms in total. The van der Waals surface area contributed by atoms with E-state index in [0.717, 1.165) is 5.69 Å². The number of thioether (sulfide) groups is 1. The Hall–Kier alpha value is -1.48. The predicted molar refractivity (Wildman–Crippen MR) is 81.4 cm³/mol. The van der Waals surface area contributed by atoms with Crippen LogP contribution in [0.15, 0.2) is 47.4 Å². The van der Waals surface area contributed by atoms with Gasteiger partial charge in [-0.05, 0) is 61.6 Å². The molecule has 0 fully saturated rings. The molecule has 3 heteroatoms. The van der Waals surface area contributed by atoms with Crippen LogP contribution in [0, 0.1) is 12.7 Å². The molecular weight excluding hydrogens is 257 g/mol. The summed E-state index contributed by atoms with van der Waals surface area (Å²) in [4.78, 5) is 1.26. The zero-order chi connectivity index (χ0) is 13.8. The van der Waals surface area contributed by atoms with Crippen LogP contribution in [0.3, 0.4) is 0 Å². The highest BCUT2D eigenvalue weighted by molar-refractivity contribution is 7.98. The van der Waals surface area contributed by atoms with E-state index in [2.05, 4.69) is 42.8 Å². The maximum atomic E-state index is 13.2. The fraction of sp³-hybridized carbons (Fsp3) is 0.250. The zero-order valence-electron chi connectivity index (χ0n) is 11.4. The van der Waals surface area contributed by atoms with Gasteiger partial charge in [0, 0.05) is 16.6 Å². The first-order valence-electron chi connectivity index (χ1n) is 6.27. The second-order valence-corrected chi connectivity index (χ2v) is 5.48. The van der Waals surface area contributed by atoms with Crippen molar-refractivity contribution in [3.8, 4) is 0 Å². The number of anilines is 1. The third-order valence-corrected chi connectivity index (χ3v) is 3.90. The summed E-state index contributed by atoms with van der Waals surface area (Å²) in [6.45, 7) is 3.88. The molecule has 0 spiro atoms. The molecular formula is C16H18FNS. The second kappa shape index (κ2) is 6.11. The molecule has 0 aliphatic heterocycles. The molecule has 0 amide bonds. The normalized spacial score (nSPS) is 12.2. The Labute approximate surface area is 118 Å². The number of hydrogen-bond donors (Lipinski definition) is 1. The average Bonchev–Trinajstić information content (AvgIpc) is 2.43. The van der Waals surface area contributed by atoms with Crippen LogP contribution in [0.4, 0.5) is 10.1 Å². The molecule has 1 N–H and O–H groups in total. The molecule has 0 aromatic heterocycles. The Bertz CT molecular complexity index is 551. The van der Waals surface area contributed by atoms with Gasteiger partial charge >= 0.3 is 0 Å². The Morgan fingerprint density at radius 1 is 1.11 bits per heavy atom. The number of benzene rings is 2. The highest BCUT2D eigenvalue weighted by Crippen LogP contribution is 2.23. The summed E-state index contributed by atoms with van der Waals surface area (Å²) in [5.74, 6) is -0.164. The summed E-state index contributed by atoms with van der Waals surface area (Å²) in [5.41, 5.74) is 2.83. The lowest BCUT2D eigenvalue weighted by Gasteiger charge is -2.16. The second-order valence-electron chi connectivity index (χ2n) is 4.60. The number of rotatable bonds is 4. The highest BCUT2D eigenvalue weighted by Gasteiger charge is 2.06. The van der Waals surface area contributed by atoms with E-state index in [-0.39, 0.29) is 11.9 Å². The van der Waals surface area contributed by atoms with Gasteiger partial charge in [-0.2, -0.15) is 0 Å². The number of nitrogens with one attached hydrogen (secondary N) is 1. The van der Waals surface area contributed by atoms with Gasteiger partial charge < -0.3 is 5.32 Å². The minimum atomic E-state index is -0.164. The zero-order valence-corrected chi connectivity index (χ0v) is 12.2. The van der Waals surface area contributed by atoms with E-state index >= 15 is 0 Å². The fourth-order valence-corrected chi connectivity index (χ4v) is 2.37. The van der Waals surface area contributed by atoms with E-state index < -0.39 is 0 Å². The topological polar surface area (TPSA) is 12.0 Å². The first kappa shape index (κ1) is 13.9. The van der Waals surface area contributed by atoms with Gasteiger partial charge in [-0.1, -0.05) is 12.1 Å². The first-order chi connectivity index (χ1) is 9.10. The maximum Gasteiger partial charge on any atom is 0.126 e. The minimum absolute atomic E-state index is 0.164. The predicted octanol–water partition coefficient (Wildman–Crippen LogP) is 5.03. The van der Waals surface area contributed by atoms with Gasteiger partial charge in [-0.3, -0.25) is 0 Å². The monoisotopic (exact) mass is 275 g/mol. The van der Waals surface area contributed by atoms with Crippen molar-refractivity contribution in [3.63, 3.8) is 0 Å². The minimum Gasteiger partial charge on any atom is -0.379 e. The van der Waals surface area contributed by atoms with Crippen molar-refractivity contribution in [2.24, 2.45) is 0 Å². The Morgan fingerprint density at radius 3 is 2.37 bits per heavy atom. The van der Waals surface area contributed by atoms with Gasteiger partial charge in [0.05, 0.1) is 0 Å². The van der Waals surface area contributed by atoms with Crippen molar-refractivity contribution in [1.82, 2.24) is 0 Å². The fourth-order valence-electron chi connectivity index (χ4n) is 1.96. The molecule has 19 heavy (non-hydrogen) atoms. The van der Waals surface area contributed by atoms with E-state index in [9.17, 15) is 4.39 Å². The van der Waals surface area contributed by atoms with E-state index in [1.54, 1.807) is 24.8 Å². The Kier molecular flexibility index (Phi) is 4.48. The van der Waals surface area contributed by atoms with Crippen molar-refractivity contribution in [2.75, 3.05) is 11.6 Å². The number of aryl methyl sites for hydroxylation is 1. The molecule has 0 radical (unpaired) electrons. The summed E-state index contributed by atoms with van der Waals surface area (Å²) < 4.78 is 13.2. The van der Waals surface area contributed by atoms with Crippen LogP contribution >= 0.6 is 11.8 Å². The SMILES string of the molecule is CSc1ccc(C(C)Nc2ccc(F)c(C)c2)cc1. The molecule has 0 saturated carbocycles. The van der Waals surface area contributed by atoms with Gasteiger partial charge in [0.1, 0.15) is 5.82 Å². The summed E-state index contributed by atoms with van der Waals surface area (Å²) >= 11 is 1.73. The van der Waals surface area contributed by atoms with E-state index in [0.29, 0.717) is 5.56 Å². The van der Waals surface area contributed by atoms with Crippen LogP contribution in [-0.4, -0.2) is 6.26 Å². The maximum absolute atomic E-state index is 13.2. The lowest BCUT2D eigenvalue weighted by atomic mass is 10.1. The first-order valence-corrected chi connectivity index (χ1v) is 7.49. The Morgan fingerprint density at radius 2 is 1.79 bits per heavy atom. The quantitative estimate of drug-likeness (QED) is 0.785. The van der Waals surface area contributed by atoms with Crippen molar-refractivity contribution in [3.05, 3.63) is 59.4 Å². The van der Waals surface area contributed by atoms with E-state index in [4.69, 9.17) is 0 Å². The summed E-state index contributed by atoms with van der Waals surface area (Å²) in [6.07, 6.45) is 2.07. The molecule has 2 aromatic carbocycles. The van der Waals surface area contributed by atoms with Gasteiger partial charge in [0.2, 0.25) is 0 Å². The van der Waals surface area contributed by atoms with Gasteiger partial charge in [-0.25, -0.2) is 4.39 Å². The van der Waals surface area contributed by atoms with Crippen LogP contribution in [0.25, 0.3) is 0 Å². The molecule has 0 aliphatic rings. The summed E-state index contributed by atoms with van der Waals surface area (Å²) in [5, 5.41) is 3.39. The molecule has 1 atom stereocenters. The van der Waals surface area contributed by atoms with Crippen molar-refractivity contribution in [1.29, 1.82) is 0 Å². The third kappa shape index (κ3) is 3.51. The van der Waals surface area contributed by atoms with Crippen LogP contribution in [0.2, 0.25) is 0 Å². The highest BCUT2D eigenvalue weighted by atomic mass is 32.2. The third-order valence-electron chi connectivity index (χ3n) is 3.16. The molecule has 0 aliphatic carbocycles. The van der Waals surface area contributed by atoms with Crippen LogP contribution < -0.4 is 5.32 Å². The summed E-state index contributed by atoms with van der Waals surface area (Å²) in [7, 11) is 0. The number of halogens is 1. The molecule has 2 rings (SSSR count). The molecule has 0 saturated heterocycles. The standard InChI is InChI=1S/C16H18FNS/c1-11-10-14(6-9-16(11)17)18-12(2)13-4-7-15(19-3)8-5-13/h4-10,12,18H,1-3H3. The van der Waals surface area contributed by atoms with Crippen LogP contribution in [0.5, 0.6) is 0 Å². The summed E-state index contributed by atoms with van der Waals surface area (Å²) in [6, 6.07) is 13.8. The lowest BCUT2D eigenvalue weighted by molar-refractivity contribution is 0.618. The van der Waals surface area contributed by atoms with Crippen LogP contribution in [-0.2, 0) is 0 Å². The largest absolute Gasteiger partial charge is 0.379 e. The lowest BCUT2D eigenvalue weighted by Crippen LogP contribution is -2.06. The smallest absolute Gasteiger partial charge is 0.126 e. The van der Waals surface area contributed by atoms with Gasteiger partial charge in [-0.15, -0.1) is 11.8 Å². The van der Waals surface area contributed by atoms with E-state index in [1.807, 2.05) is 6.07 Å². The van der Waals surface area contributed by atoms with E-state index in [1.165, 1.54) is 16.5 Å². The number of hydrogen-bond acceptors (Lipinski definition) is 2. The van der Waals surface area contributed by atoms with Crippen molar-refractivity contribution < 1.29 is 4.39 Å². The Balaban J connectivity index is 2.10.